The molecule has 4 rings (SSSR count). The van der Waals surface area contributed by atoms with Gasteiger partial charge in [-0.05, 0) is 24.1 Å². The summed E-state index contributed by atoms with van der Waals surface area (Å²) in [6.07, 6.45) is 0.739. The Morgan fingerprint density at radius 3 is 2.46 bits per heavy atom. The van der Waals surface area contributed by atoms with E-state index in [1.54, 1.807) is 4.68 Å². The molecule has 1 aromatic heterocycles. The molecule has 3 aromatic rings. The lowest BCUT2D eigenvalue weighted by Gasteiger charge is -2.32. The van der Waals surface area contributed by atoms with Crippen LogP contribution in [0.5, 0.6) is 0 Å². The van der Waals surface area contributed by atoms with Crippen LogP contribution in [0, 0.1) is 0 Å². The van der Waals surface area contributed by atoms with Crippen molar-refractivity contribution in [2.24, 2.45) is 0 Å². The largest absolute Gasteiger partial charge is 0.366 e. The van der Waals surface area contributed by atoms with Gasteiger partial charge in [-0.3, -0.25) is 0 Å². The van der Waals surface area contributed by atoms with Crippen LogP contribution in [-0.2, 0) is 0 Å². The highest BCUT2D eigenvalue weighted by molar-refractivity contribution is 6.36. The number of aromatic nitrogens is 3. The van der Waals surface area contributed by atoms with E-state index in [4.69, 9.17) is 28.9 Å². The Hall–Kier alpha value is -2.24. The third-order valence-corrected chi connectivity index (χ3v) is 4.90. The van der Waals surface area contributed by atoms with Crippen LogP contribution in [0.25, 0.3) is 0 Å². The molecule has 0 aliphatic carbocycles. The van der Waals surface area contributed by atoms with Gasteiger partial charge in [-0.25, -0.2) is 4.68 Å². The number of fused-ring (bicyclic) bond motifs is 1. The zero-order valence-electron chi connectivity index (χ0n) is 12.7. The molecule has 0 saturated carbocycles. The van der Waals surface area contributed by atoms with Gasteiger partial charge in [0.25, 0.3) is 0 Å². The number of nitrogens with zero attached hydrogens (tertiary/aromatic N) is 3. The molecule has 122 valence electrons. The van der Waals surface area contributed by atoms with Crippen LogP contribution in [0.1, 0.15) is 29.6 Å². The van der Waals surface area contributed by atoms with Crippen molar-refractivity contribution in [3.8, 4) is 0 Å². The molecular formula is C17H15Cl2N5. The highest BCUT2D eigenvalue weighted by atomic mass is 35.5. The van der Waals surface area contributed by atoms with Crippen LogP contribution < -0.4 is 11.1 Å². The highest BCUT2D eigenvalue weighted by Gasteiger charge is 2.33. The number of nitrogen functional groups attached to an aromatic ring is 1. The third-order valence-electron chi connectivity index (χ3n) is 4.24. The first-order valence-corrected chi connectivity index (χ1v) is 8.36. The Bertz CT molecular complexity index is 858. The summed E-state index contributed by atoms with van der Waals surface area (Å²) >= 11 is 12.9. The Balaban J connectivity index is 1.83. The maximum atomic E-state index is 6.43. The quantitative estimate of drug-likeness (QED) is 0.714. The van der Waals surface area contributed by atoms with Gasteiger partial charge in [-0.1, -0.05) is 59.6 Å². The van der Waals surface area contributed by atoms with E-state index < -0.39 is 0 Å². The van der Waals surface area contributed by atoms with E-state index in [9.17, 15) is 0 Å². The van der Waals surface area contributed by atoms with Gasteiger partial charge in [0, 0.05) is 15.6 Å². The van der Waals surface area contributed by atoms with Crippen molar-refractivity contribution in [3.05, 3.63) is 69.7 Å². The summed E-state index contributed by atoms with van der Waals surface area (Å²) in [5.41, 5.74) is 7.82. The van der Waals surface area contributed by atoms with Crippen molar-refractivity contribution < 1.29 is 0 Å². The Morgan fingerprint density at radius 1 is 1.04 bits per heavy atom. The minimum absolute atomic E-state index is 0.0691. The fourth-order valence-corrected chi connectivity index (χ4v) is 3.82. The number of rotatable bonds is 2. The number of hydrogen-bond acceptors (Lipinski definition) is 4. The Kier molecular flexibility index (Phi) is 3.82. The van der Waals surface area contributed by atoms with Crippen molar-refractivity contribution >= 4 is 35.1 Å². The van der Waals surface area contributed by atoms with E-state index in [0.29, 0.717) is 16.0 Å². The Morgan fingerprint density at radius 2 is 1.75 bits per heavy atom. The zero-order chi connectivity index (χ0) is 16.7. The predicted octanol–water partition coefficient (Wildman–Crippen LogP) is 4.31. The van der Waals surface area contributed by atoms with Crippen LogP contribution in [-0.4, -0.2) is 14.8 Å². The van der Waals surface area contributed by atoms with Crippen LogP contribution in [0.3, 0.4) is 0 Å². The first-order valence-electron chi connectivity index (χ1n) is 7.61. The van der Waals surface area contributed by atoms with Crippen LogP contribution >= 0.6 is 23.2 Å². The topological polar surface area (TPSA) is 68.8 Å². The van der Waals surface area contributed by atoms with Crippen molar-refractivity contribution in [2.45, 2.75) is 18.5 Å². The summed E-state index contributed by atoms with van der Waals surface area (Å²) < 4.78 is 1.77. The lowest BCUT2D eigenvalue weighted by molar-refractivity contribution is 0.432. The zero-order valence-corrected chi connectivity index (χ0v) is 14.2. The van der Waals surface area contributed by atoms with Gasteiger partial charge in [0.05, 0.1) is 12.1 Å². The van der Waals surface area contributed by atoms with Gasteiger partial charge in [0.15, 0.2) is 0 Å². The molecule has 2 heterocycles. The highest BCUT2D eigenvalue weighted by Crippen LogP contribution is 2.42. The fourth-order valence-electron chi connectivity index (χ4n) is 3.17. The molecule has 0 spiro atoms. The molecule has 2 atom stereocenters. The van der Waals surface area contributed by atoms with Crippen molar-refractivity contribution in [1.82, 2.24) is 14.8 Å². The average Bonchev–Trinajstić information content (AvgIpc) is 2.95. The standard InChI is InChI=1S/C17H15Cl2N5/c18-11-7-4-8-12(19)15(11)14-9-13(10-5-2-1-3-6-10)21-17-22-16(20)23-24(14)17/h1-8,13-14H,9H2,(H3,20,21,22,23)/t13-,14+/m1/s1. The molecule has 2 aromatic carbocycles. The number of benzene rings is 2. The second-order valence-corrected chi connectivity index (χ2v) is 6.55. The molecule has 1 aliphatic heterocycles. The molecule has 0 unspecified atom stereocenters. The SMILES string of the molecule is Nc1nc2n(n1)[C@H](c1c(Cl)cccc1Cl)C[C@H](c1ccccc1)N2. The average molecular weight is 360 g/mol. The number of nitrogens with two attached hydrogens (primary N) is 1. The van der Waals surface area contributed by atoms with Crippen LogP contribution in [0.4, 0.5) is 11.9 Å². The minimum atomic E-state index is -0.141. The van der Waals surface area contributed by atoms with E-state index in [1.807, 2.05) is 36.4 Å². The minimum Gasteiger partial charge on any atom is -0.366 e. The van der Waals surface area contributed by atoms with Crippen molar-refractivity contribution in [1.29, 1.82) is 0 Å². The molecular weight excluding hydrogens is 345 g/mol. The molecule has 0 amide bonds. The summed E-state index contributed by atoms with van der Waals surface area (Å²) in [5.74, 6) is 0.841. The summed E-state index contributed by atoms with van der Waals surface area (Å²) in [5, 5.41) is 8.94. The third kappa shape index (κ3) is 2.60. The lowest BCUT2D eigenvalue weighted by atomic mass is 9.93. The predicted molar refractivity (Wildman–Crippen MR) is 96.5 cm³/mol. The molecule has 3 N–H and O–H groups in total. The first-order chi connectivity index (χ1) is 11.6. The normalized spacial score (nSPS) is 19.6. The summed E-state index contributed by atoms with van der Waals surface area (Å²) in [4.78, 5) is 4.29. The molecule has 0 fully saturated rings. The van der Waals surface area contributed by atoms with Gasteiger partial charge in [0.2, 0.25) is 11.9 Å². The van der Waals surface area contributed by atoms with Crippen molar-refractivity contribution in [3.63, 3.8) is 0 Å². The number of nitrogens with one attached hydrogen (secondary N) is 1. The van der Waals surface area contributed by atoms with E-state index in [1.165, 1.54) is 5.56 Å². The van der Waals surface area contributed by atoms with Crippen LogP contribution in [0.2, 0.25) is 10.0 Å². The molecule has 1 aliphatic rings. The monoisotopic (exact) mass is 359 g/mol. The van der Waals surface area contributed by atoms with E-state index in [2.05, 4.69) is 27.5 Å². The summed E-state index contributed by atoms with van der Waals surface area (Å²) in [7, 11) is 0. The molecule has 7 heteroatoms. The van der Waals surface area contributed by atoms with E-state index >= 15 is 0 Å². The summed E-state index contributed by atoms with van der Waals surface area (Å²) in [6, 6.07) is 15.6. The molecule has 0 bridgehead atoms. The first kappa shape index (κ1) is 15.3. The van der Waals surface area contributed by atoms with E-state index in [0.717, 1.165) is 12.0 Å². The second-order valence-electron chi connectivity index (χ2n) is 5.73. The summed E-state index contributed by atoms with van der Waals surface area (Å²) in [6.45, 7) is 0. The van der Waals surface area contributed by atoms with Gasteiger partial charge in [-0.15, -0.1) is 5.10 Å². The number of hydrogen-bond donors (Lipinski definition) is 2. The van der Waals surface area contributed by atoms with Gasteiger partial charge in [0.1, 0.15) is 0 Å². The van der Waals surface area contributed by atoms with Crippen molar-refractivity contribution in [2.75, 3.05) is 11.1 Å². The Labute approximate surface area is 149 Å². The number of anilines is 2. The molecule has 24 heavy (non-hydrogen) atoms. The second kappa shape index (κ2) is 6.00. The lowest BCUT2D eigenvalue weighted by Crippen LogP contribution is -2.28. The van der Waals surface area contributed by atoms with Gasteiger partial charge < -0.3 is 11.1 Å². The molecule has 5 nitrogen and oxygen atoms in total. The van der Waals surface area contributed by atoms with Gasteiger partial charge >= 0.3 is 0 Å². The van der Waals surface area contributed by atoms with Crippen LogP contribution in [0.15, 0.2) is 48.5 Å². The number of halogens is 2. The fraction of sp³-hybridized carbons (Fsp3) is 0.176. The van der Waals surface area contributed by atoms with E-state index in [-0.39, 0.29) is 18.0 Å². The maximum absolute atomic E-state index is 6.43. The smallest absolute Gasteiger partial charge is 0.241 e. The maximum Gasteiger partial charge on any atom is 0.241 e. The van der Waals surface area contributed by atoms with Gasteiger partial charge in [-0.2, -0.15) is 4.98 Å². The molecule has 0 radical (unpaired) electrons. The molecule has 0 saturated heterocycles.